The highest BCUT2D eigenvalue weighted by Gasteiger charge is 2.32. The van der Waals surface area contributed by atoms with Gasteiger partial charge in [-0.2, -0.15) is 5.06 Å². The van der Waals surface area contributed by atoms with Crippen LogP contribution in [0.4, 0.5) is 0 Å². The first-order valence-corrected chi connectivity index (χ1v) is 5.72. The summed E-state index contributed by atoms with van der Waals surface area (Å²) >= 11 is 0. The first-order chi connectivity index (χ1) is 8.18. The summed E-state index contributed by atoms with van der Waals surface area (Å²) in [6.45, 7) is 2.05. The summed E-state index contributed by atoms with van der Waals surface area (Å²) in [6.07, 6.45) is 0.991. The van der Waals surface area contributed by atoms with Crippen molar-refractivity contribution in [2.75, 3.05) is 0 Å². The van der Waals surface area contributed by atoms with Crippen molar-refractivity contribution in [3.8, 4) is 0 Å². The lowest BCUT2D eigenvalue weighted by molar-refractivity contribution is -0.206. The number of rotatable bonds is 3. The van der Waals surface area contributed by atoms with Gasteiger partial charge >= 0.3 is 0 Å². The Morgan fingerprint density at radius 2 is 2.00 bits per heavy atom. The lowest BCUT2D eigenvalue weighted by Gasteiger charge is -2.27. The first-order valence-electron chi connectivity index (χ1n) is 5.72. The molecule has 0 radical (unpaired) electrons. The van der Waals surface area contributed by atoms with Crippen LogP contribution < -0.4 is 0 Å². The lowest BCUT2D eigenvalue weighted by Crippen LogP contribution is -2.43. The maximum Gasteiger partial charge on any atom is 0.256 e. The maximum atomic E-state index is 11.7. The molecule has 0 spiro atoms. The molecule has 0 unspecified atom stereocenters. The van der Waals surface area contributed by atoms with Gasteiger partial charge in [-0.1, -0.05) is 37.3 Å². The van der Waals surface area contributed by atoms with Gasteiger partial charge in [0, 0.05) is 12.3 Å². The lowest BCUT2D eigenvalue weighted by atomic mass is 10.0. The highest BCUT2D eigenvalue weighted by atomic mass is 16.7. The van der Waals surface area contributed by atoms with E-state index in [1.54, 1.807) is 0 Å². The van der Waals surface area contributed by atoms with E-state index in [9.17, 15) is 9.59 Å². The van der Waals surface area contributed by atoms with E-state index in [4.69, 9.17) is 4.84 Å². The Hall–Kier alpha value is -1.68. The fraction of sp³-hybridized carbons (Fsp3) is 0.385. The molecule has 0 bridgehead atoms. The van der Waals surface area contributed by atoms with E-state index in [-0.39, 0.29) is 24.3 Å². The highest BCUT2D eigenvalue weighted by Crippen LogP contribution is 2.19. The fourth-order valence-corrected chi connectivity index (χ4v) is 1.74. The molecule has 1 aromatic rings. The number of hydroxylamine groups is 2. The molecule has 17 heavy (non-hydrogen) atoms. The summed E-state index contributed by atoms with van der Waals surface area (Å²) < 4.78 is 0. The van der Waals surface area contributed by atoms with Crippen molar-refractivity contribution in [3.05, 3.63) is 35.9 Å². The van der Waals surface area contributed by atoms with E-state index in [2.05, 4.69) is 0 Å². The van der Waals surface area contributed by atoms with Gasteiger partial charge in [-0.3, -0.25) is 14.4 Å². The van der Waals surface area contributed by atoms with Gasteiger partial charge in [0.25, 0.3) is 11.8 Å². The van der Waals surface area contributed by atoms with Crippen molar-refractivity contribution < 1.29 is 14.4 Å². The van der Waals surface area contributed by atoms with Crippen LogP contribution in [0.2, 0.25) is 0 Å². The van der Waals surface area contributed by atoms with Crippen LogP contribution in [0.5, 0.6) is 0 Å². The van der Waals surface area contributed by atoms with E-state index in [0.29, 0.717) is 12.8 Å². The Kier molecular flexibility index (Phi) is 3.54. The minimum absolute atomic E-state index is 0.136. The average molecular weight is 233 g/mol. The van der Waals surface area contributed by atoms with E-state index in [1.807, 2.05) is 37.3 Å². The minimum atomic E-state index is -0.246. The zero-order chi connectivity index (χ0) is 12.3. The number of hydrogen-bond acceptors (Lipinski definition) is 3. The van der Waals surface area contributed by atoms with Gasteiger partial charge in [0.2, 0.25) is 0 Å². The summed E-state index contributed by atoms with van der Waals surface area (Å²) in [4.78, 5) is 28.6. The zero-order valence-electron chi connectivity index (χ0n) is 9.76. The number of imide groups is 1. The van der Waals surface area contributed by atoms with Crippen molar-refractivity contribution in [1.82, 2.24) is 5.06 Å². The molecule has 4 heteroatoms. The summed E-state index contributed by atoms with van der Waals surface area (Å²) in [6, 6.07) is 9.47. The van der Waals surface area contributed by atoms with Crippen molar-refractivity contribution >= 4 is 11.8 Å². The highest BCUT2D eigenvalue weighted by molar-refractivity contribution is 5.97. The van der Waals surface area contributed by atoms with E-state index in [1.165, 1.54) is 0 Å². The van der Waals surface area contributed by atoms with E-state index >= 15 is 0 Å². The van der Waals surface area contributed by atoms with Gasteiger partial charge < -0.3 is 0 Å². The molecule has 0 saturated carbocycles. The first kappa shape index (κ1) is 11.8. The molecule has 1 atom stereocenters. The molecule has 1 saturated heterocycles. The topological polar surface area (TPSA) is 46.6 Å². The van der Waals surface area contributed by atoms with Crippen LogP contribution in [0.3, 0.4) is 0 Å². The van der Waals surface area contributed by atoms with Gasteiger partial charge in [0.05, 0.1) is 0 Å². The van der Waals surface area contributed by atoms with Crippen LogP contribution >= 0.6 is 0 Å². The summed E-state index contributed by atoms with van der Waals surface area (Å²) in [5.74, 6) is -0.621. The average Bonchev–Trinajstić information content (AvgIpc) is 2.35. The van der Waals surface area contributed by atoms with Gasteiger partial charge in [-0.25, -0.2) is 0 Å². The Balaban J connectivity index is 1.98. The van der Waals surface area contributed by atoms with Gasteiger partial charge in [-0.15, -0.1) is 0 Å². The van der Waals surface area contributed by atoms with Crippen LogP contribution in [0, 0.1) is 5.92 Å². The smallest absolute Gasteiger partial charge is 0.256 e. The third kappa shape index (κ3) is 2.71. The number of amides is 2. The number of nitrogens with zero attached hydrogens (tertiary/aromatic N) is 1. The Morgan fingerprint density at radius 1 is 1.29 bits per heavy atom. The van der Waals surface area contributed by atoms with Gasteiger partial charge in [0.1, 0.15) is 6.61 Å². The molecule has 4 nitrogen and oxygen atoms in total. The van der Waals surface area contributed by atoms with Gasteiger partial charge in [0.15, 0.2) is 0 Å². The van der Waals surface area contributed by atoms with Crippen LogP contribution in [0.25, 0.3) is 0 Å². The number of carbonyl (C=O) groups excluding carboxylic acids is 2. The predicted octanol–water partition coefficient (Wildman–Crippen LogP) is 1.90. The number of carbonyl (C=O) groups is 2. The second kappa shape index (κ2) is 5.10. The maximum absolute atomic E-state index is 11.7. The molecule has 0 aromatic heterocycles. The van der Waals surface area contributed by atoms with Gasteiger partial charge in [-0.05, 0) is 12.0 Å². The molecule has 1 aliphatic heterocycles. The fourth-order valence-electron chi connectivity index (χ4n) is 1.74. The van der Waals surface area contributed by atoms with Crippen molar-refractivity contribution in [2.45, 2.75) is 26.4 Å². The largest absolute Gasteiger partial charge is 0.272 e. The molecule has 1 aromatic carbocycles. The second-order valence-electron chi connectivity index (χ2n) is 4.23. The quantitative estimate of drug-likeness (QED) is 0.749. The van der Waals surface area contributed by atoms with Crippen LogP contribution in [0.15, 0.2) is 30.3 Å². The van der Waals surface area contributed by atoms with E-state index < -0.39 is 0 Å². The zero-order valence-corrected chi connectivity index (χ0v) is 9.76. The number of benzene rings is 1. The second-order valence-corrected chi connectivity index (χ2v) is 4.23. The molecule has 0 N–H and O–H groups in total. The summed E-state index contributed by atoms with van der Waals surface area (Å²) in [5.41, 5.74) is 0.936. The van der Waals surface area contributed by atoms with Crippen LogP contribution in [-0.4, -0.2) is 16.9 Å². The molecule has 90 valence electrons. The van der Waals surface area contributed by atoms with Crippen molar-refractivity contribution in [1.29, 1.82) is 0 Å². The summed E-state index contributed by atoms with van der Waals surface area (Å²) in [7, 11) is 0. The molecule has 1 fully saturated rings. The van der Waals surface area contributed by atoms with Crippen molar-refractivity contribution in [2.24, 2.45) is 5.92 Å². The Morgan fingerprint density at radius 3 is 2.71 bits per heavy atom. The molecule has 1 aliphatic rings. The predicted molar refractivity (Wildman–Crippen MR) is 61.5 cm³/mol. The molecule has 2 amide bonds. The number of hydrogen-bond donors (Lipinski definition) is 0. The summed E-state index contributed by atoms with van der Waals surface area (Å²) in [5, 5.41) is 0.918. The molecular weight excluding hydrogens is 218 g/mol. The van der Waals surface area contributed by atoms with Crippen LogP contribution in [0.1, 0.15) is 25.3 Å². The third-order valence-corrected chi connectivity index (χ3v) is 2.84. The third-order valence-electron chi connectivity index (χ3n) is 2.84. The molecule has 1 heterocycles. The molecule has 0 aliphatic carbocycles. The number of piperidine rings is 1. The van der Waals surface area contributed by atoms with E-state index in [0.717, 1.165) is 10.6 Å². The standard InChI is InChI=1S/C13H15NO3/c1-10-7-8-12(15)14(13(10)16)17-9-11-5-3-2-4-6-11/h2-6,10H,7-9H2,1H3/t10-/m0/s1. The van der Waals surface area contributed by atoms with Crippen LogP contribution in [-0.2, 0) is 21.0 Å². The normalized spacial score (nSPS) is 20.8. The monoisotopic (exact) mass is 233 g/mol. The molecule has 2 rings (SSSR count). The molecular formula is C13H15NO3. The Labute approximate surface area is 100 Å². The SMILES string of the molecule is C[C@H]1CCC(=O)N(OCc2ccccc2)C1=O. The van der Waals surface area contributed by atoms with Crippen molar-refractivity contribution in [3.63, 3.8) is 0 Å². The minimum Gasteiger partial charge on any atom is -0.272 e. The Bertz CT molecular complexity index is 416.